The highest BCUT2D eigenvalue weighted by molar-refractivity contribution is 5.43. The van der Waals surface area contributed by atoms with E-state index in [9.17, 15) is 8.96 Å². The Morgan fingerprint density at radius 2 is 1.90 bits per heavy atom. The second-order valence-electron chi connectivity index (χ2n) is 6.71. The van der Waals surface area contributed by atoms with Crippen molar-refractivity contribution in [1.29, 1.82) is 0 Å². The first kappa shape index (κ1) is 25.4. The van der Waals surface area contributed by atoms with Gasteiger partial charge in [-0.2, -0.15) is 5.53 Å². The number of allylic oxidation sites excluding steroid dienone is 3. The number of nitrogens with zero attached hydrogens (tertiary/aromatic N) is 2. The molecule has 1 atom stereocenters. The lowest BCUT2D eigenvalue weighted by atomic mass is 10.1. The molecule has 0 heterocycles. The Labute approximate surface area is 178 Å². The van der Waals surface area contributed by atoms with Crippen molar-refractivity contribution in [2.75, 3.05) is 12.1 Å². The van der Waals surface area contributed by atoms with Gasteiger partial charge in [0.25, 0.3) is 0 Å². The van der Waals surface area contributed by atoms with E-state index in [1.807, 2.05) is 44.2 Å². The molecule has 0 saturated heterocycles. The van der Waals surface area contributed by atoms with Crippen LogP contribution in [0.2, 0.25) is 0 Å². The predicted octanol–water partition coefficient (Wildman–Crippen LogP) is 4.83. The molecular weight excluding hydrogens is 386 g/mol. The van der Waals surface area contributed by atoms with Gasteiger partial charge >= 0.3 is 0 Å². The zero-order chi connectivity index (χ0) is 22.4. The molecule has 0 saturated carbocycles. The van der Waals surface area contributed by atoms with Gasteiger partial charge < -0.3 is 16.2 Å². The smallest absolute Gasteiger partial charge is 0.116 e. The molecular formula is C22H34F2N6. The van der Waals surface area contributed by atoms with Crippen LogP contribution in [-0.2, 0) is 6.42 Å². The van der Waals surface area contributed by atoms with Crippen molar-refractivity contribution in [2.45, 2.75) is 45.6 Å². The van der Waals surface area contributed by atoms with Gasteiger partial charge in [-0.25, -0.2) is 0 Å². The molecule has 0 aliphatic heterocycles. The fourth-order valence-corrected chi connectivity index (χ4v) is 2.62. The number of anilines is 1. The molecule has 0 radical (unpaired) electrons. The van der Waals surface area contributed by atoms with Crippen LogP contribution >= 0.6 is 0 Å². The third kappa shape index (κ3) is 9.21. The first-order chi connectivity index (χ1) is 14.4. The molecule has 0 spiro atoms. The van der Waals surface area contributed by atoms with Gasteiger partial charge in [-0.3, -0.25) is 0 Å². The number of halogens is 2. The first-order valence-corrected chi connectivity index (χ1v) is 10.0. The SMILES string of the molecule is C=CCCc1ccc(NNNC(=C)[C@H](CCC)N(F)N(F)CNC(=C)/C=C\C)cc1. The highest BCUT2D eigenvalue weighted by atomic mass is 19.2. The van der Waals surface area contributed by atoms with E-state index in [2.05, 4.69) is 41.4 Å². The lowest BCUT2D eigenvalue weighted by Gasteiger charge is -2.29. The van der Waals surface area contributed by atoms with E-state index in [4.69, 9.17) is 0 Å². The third-order valence-corrected chi connectivity index (χ3v) is 4.25. The van der Waals surface area contributed by atoms with Crippen molar-refractivity contribution in [3.8, 4) is 0 Å². The summed E-state index contributed by atoms with van der Waals surface area (Å²) < 4.78 is 28.8. The lowest BCUT2D eigenvalue weighted by molar-refractivity contribution is -0.288. The van der Waals surface area contributed by atoms with E-state index in [0.29, 0.717) is 18.5 Å². The van der Waals surface area contributed by atoms with Crippen LogP contribution in [0.25, 0.3) is 0 Å². The largest absolute Gasteiger partial charge is 0.369 e. The molecule has 8 heteroatoms. The number of hydrogen-bond donors (Lipinski definition) is 4. The van der Waals surface area contributed by atoms with Crippen molar-refractivity contribution >= 4 is 5.69 Å². The quantitative estimate of drug-likeness (QED) is 0.101. The maximum Gasteiger partial charge on any atom is 0.116 e. The molecule has 0 aromatic heterocycles. The van der Waals surface area contributed by atoms with Gasteiger partial charge in [0, 0.05) is 11.4 Å². The summed E-state index contributed by atoms with van der Waals surface area (Å²) in [5.41, 5.74) is 11.3. The van der Waals surface area contributed by atoms with Crippen LogP contribution in [0.4, 0.5) is 14.6 Å². The summed E-state index contributed by atoms with van der Waals surface area (Å²) in [7, 11) is 0. The Kier molecular flexibility index (Phi) is 12.1. The standard InChI is InChI=1S/C22H34F2N6/c1-6-9-12-20-13-15-21(16-14-20)27-28-26-19(5)22(11-8-3)30(24)29(23)17-25-18(4)10-7-2/h6-7,10,13-16,22,25-28H,1,4-5,8-9,11-12,17H2,2-3H3/b10-7-/t22-/m0/s1. The van der Waals surface area contributed by atoms with Crippen molar-refractivity contribution in [1.82, 2.24) is 26.7 Å². The van der Waals surface area contributed by atoms with Crippen molar-refractivity contribution in [3.05, 3.63) is 79.2 Å². The van der Waals surface area contributed by atoms with Gasteiger partial charge in [0.15, 0.2) is 0 Å². The van der Waals surface area contributed by atoms with E-state index >= 15 is 0 Å². The monoisotopic (exact) mass is 420 g/mol. The second kappa shape index (κ2) is 14.3. The van der Waals surface area contributed by atoms with Crippen molar-refractivity contribution in [2.24, 2.45) is 0 Å². The van der Waals surface area contributed by atoms with Gasteiger partial charge in [0.1, 0.15) is 6.67 Å². The van der Waals surface area contributed by atoms with Gasteiger partial charge in [-0.05, 0) is 60.4 Å². The maximum atomic E-state index is 14.6. The number of aryl methyl sites for hydroxylation is 1. The van der Waals surface area contributed by atoms with Gasteiger partial charge in [-0.15, -0.1) is 15.5 Å². The summed E-state index contributed by atoms with van der Waals surface area (Å²) in [6.45, 7) is 14.6. The van der Waals surface area contributed by atoms with E-state index in [1.165, 1.54) is 5.56 Å². The second-order valence-corrected chi connectivity index (χ2v) is 6.71. The van der Waals surface area contributed by atoms with Crippen molar-refractivity contribution in [3.63, 3.8) is 0 Å². The molecule has 1 aromatic rings. The van der Waals surface area contributed by atoms with E-state index in [-0.39, 0.29) is 22.8 Å². The Morgan fingerprint density at radius 3 is 2.50 bits per heavy atom. The summed E-state index contributed by atoms with van der Waals surface area (Å²) in [5.74, 6) is 0. The van der Waals surface area contributed by atoms with Crippen LogP contribution in [0, 0.1) is 0 Å². The average Bonchev–Trinajstić information content (AvgIpc) is 2.74. The van der Waals surface area contributed by atoms with Gasteiger partial charge in [0.05, 0.1) is 11.7 Å². The summed E-state index contributed by atoms with van der Waals surface area (Å²) in [6.07, 6.45) is 8.20. The van der Waals surface area contributed by atoms with Crippen LogP contribution in [0.15, 0.2) is 73.6 Å². The number of hydrazine groups is 3. The third-order valence-electron chi connectivity index (χ3n) is 4.25. The molecule has 0 aliphatic carbocycles. The highest BCUT2D eigenvalue weighted by Gasteiger charge is 2.27. The number of rotatable bonds is 16. The minimum Gasteiger partial charge on any atom is -0.369 e. The van der Waals surface area contributed by atoms with Crippen LogP contribution in [-0.4, -0.2) is 23.2 Å². The normalized spacial score (nSPS) is 12.2. The molecule has 1 aromatic carbocycles. The highest BCUT2D eigenvalue weighted by Crippen LogP contribution is 2.17. The molecule has 6 nitrogen and oxygen atoms in total. The van der Waals surface area contributed by atoms with E-state index in [0.717, 1.165) is 18.5 Å². The van der Waals surface area contributed by atoms with E-state index < -0.39 is 6.04 Å². The van der Waals surface area contributed by atoms with Crippen LogP contribution in [0.1, 0.15) is 38.7 Å². The topological polar surface area (TPSA) is 54.6 Å². The fraction of sp³-hybridized carbons (Fsp3) is 0.364. The minimum atomic E-state index is -0.896. The molecule has 0 fully saturated rings. The van der Waals surface area contributed by atoms with Gasteiger partial charge in [-0.1, -0.05) is 50.8 Å². The minimum absolute atomic E-state index is 0.0187. The molecule has 4 N–H and O–H groups in total. The summed E-state index contributed by atoms with van der Waals surface area (Å²) in [6, 6.07) is 6.98. The molecule has 30 heavy (non-hydrogen) atoms. The Balaban J connectivity index is 2.53. The zero-order valence-electron chi connectivity index (χ0n) is 17.9. The summed E-state index contributed by atoms with van der Waals surface area (Å²) in [5, 5.41) is 2.66. The number of benzene rings is 1. The number of hydrogen-bond acceptors (Lipinski definition) is 6. The van der Waals surface area contributed by atoms with E-state index in [1.54, 1.807) is 12.2 Å². The Morgan fingerprint density at radius 1 is 1.20 bits per heavy atom. The average molecular weight is 421 g/mol. The number of nitrogens with one attached hydrogen (secondary N) is 4. The lowest BCUT2D eigenvalue weighted by Crippen LogP contribution is -2.48. The predicted molar refractivity (Wildman–Crippen MR) is 121 cm³/mol. The first-order valence-electron chi connectivity index (χ1n) is 10.0. The molecule has 0 amide bonds. The molecule has 1 rings (SSSR count). The molecule has 166 valence electrons. The summed E-state index contributed by atoms with van der Waals surface area (Å²) in [4.78, 5) is 0. The zero-order valence-corrected chi connectivity index (χ0v) is 17.9. The maximum absolute atomic E-state index is 14.6. The van der Waals surface area contributed by atoms with Gasteiger partial charge in [0.2, 0.25) is 0 Å². The van der Waals surface area contributed by atoms with Crippen molar-refractivity contribution < 1.29 is 8.96 Å². The molecule has 0 bridgehead atoms. The van der Waals surface area contributed by atoms with Crippen LogP contribution in [0.5, 0.6) is 0 Å². The summed E-state index contributed by atoms with van der Waals surface area (Å²) >= 11 is 0. The Hall–Kier alpha value is -2.68. The fourth-order valence-electron chi connectivity index (χ4n) is 2.62. The van der Waals surface area contributed by atoms with Crippen LogP contribution < -0.4 is 21.7 Å². The molecule has 0 unspecified atom stereocenters. The molecule has 0 aliphatic rings. The van der Waals surface area contributed by atoms with Crippen LogP contribution in [0.3, 0.4) is 0 Å². The Bertz CT molecular complexity index is 689.